The van der Waals surface area contributed by atoms with Crippen LogP contribution in [0, 0.1) is 5.41 Å². The summed E-state index contributed by atoms with van der Waals surface area (Å²) in [6.07, 6.45) is 2.04. The lowest BCUT2D eigenvalue weighted by atomic mass is 9.87. The van der Waals surface area contributed by atoms with E-state index in [1.54, 1.807) is 28.1 Å². The maximum absolute atomic E-state index is 11.9. The Kier molecular flexibility index (Phi) is 7.98. The van der Waals surface area contributed by atoms with Gasteiger partial charge in [0.25, 0.3) is 0 Å². The Hall–Kier alpha value is -1.75. The van der Waals surface area contributed by atoms with Crippen molar-refractivity contribution in [3.8, 4) is 0 Å². The number of carbonyl (C=O) groups is 1. The maximum atomic E-state index is 11.9. The summed E-state index contributed by atoms with van der Waals surface area (Å²) in [4.78, 5) is 13.1. The molecule has 160 valence electrons. The Morgan fingerprint density at radius 1 is 1.28 bits per heavy atom. The number of aryl methyl sites for hydroxylation is 1. The van der Waals surface area contributed by atoms with Gasteiger partial charge in [-0.2, -0.15) is 0 Å². The van der Waals surface area contributed by atoms with Crippen molar-refractivity contribution >= 4 is 28.7 Å². The van der Waals surface area contributed by atoms with Gasteiger partial charge in [-0.3, -0.25) is 14.7 Å². The Balaban J connectivity index is 2.01. The van der Waals surface area contributed by atoms with E-state index in [1.807, 2.05) is 12.1 Å². The van der Waals surface area contributed by atoms with Crippen LogP contribution in [0.25, 0.3) is 0 Å². The molecule has 0 radical (unpaired) electrons. The van der Waals surface area contributed by atoms with E-state index in [0.717, 1.165) is 5.69 Å². The molecule has 0 saturated heterocycles. The summed E-state index contributed by atoms with van der Waals surface area (Å²) < 4.78 is 22.0. The summed E-state index contributed by atoms with van der Waals surface area (Å²) in [5.41, 5.74) is 2.51. The van der Waals surface area contributed by atoms with E-state index in [0.29, 0.717) is 12.3 Å². The normalized spacial score (nSPS) is 15.0. The average molecular weight is 441 g/mol. The van der Waals surface area contributed by atoms with E-state index in [2.05, 4.69) is 43.2 Å². The number of benzene rings is 1. The van der Waals surface area contributed by atoms with Gasteiger partial charge >= 0.3 is 0 Å². The van der Waals surface area contributed by atoms with Crippen molar-refractivity contribution in [1.82, 2.24) is 20.5 Å². The fourth-order valence-electron chi connectivity index (χ4n) is 2.90. The molecule has 1 amide bonds. The molecule has 1 aromatic carbocycles. The molecule has 0 bridgehead atoms. The van der Waals surface area contributed by atoms with Gasteiger partial charge in [0.2, 0.25) is 5.91 Å². The number of thioether (sulfide) groups is 1. The molecule has 0 saturated carbocycles. The Morgan fingerprint density at radius 2 is 1.97 bits per heavy atom. The van der Waals surface area contributed by atoms with Crippen molar-refractivity contribution in [2.45, 2.75) is 56.7 Å². The fraction of sp³-hybridized carbons (Fsp3) is 0.526. The standard InChI is InChI=1S/C19H28N4O4S2/c1-18(2,3)15-7-5-6-8-16(15)28-12-14-11-23(22-20-14)10-9-19(4,13-29(26)27)17(24)21-25/h5-8,11,25H,9-10,12-13H2,1-4H3,(H,21,24)(H,26,27). The van der Waals surface area contributed by atoms with Crippen molar-refractivity contribution in [2.75, 3.05) is 5.75 Å². The number of hydrogen-bond acceptors (Lipinski definition) is 6. The van der Waals surface area contributed by atoms with Crippen molar-refractivity contribution in [3.05, 3.63) is 41.7 Å². The van der Waals surface area contributed by atoms with Gasteiger partial charge < -0.3 is 4.55 Å². The predicted octanol–water partition coefficient (Wildman–Crippen LogP) is 2.99. The summed E-state index contributed by atoms with van der Waals surface area (Å²) in [5.74, 6) is -0.322. The number of aromatic nitrogens is 3. The second-order valence-corrected chi connectivity index (χ2v) is 10.2. The zero-order valence-electron chi connectivity index (χ0n) is 17.1. The van der Waals surface area contributed by atoms with Crippen molar-refractivity contribution in [1.29, 1.82) is 0 Å². The van der Waals surface area contributed by atoms with E-state index in [9.17, 15) is 9.00 Å². The highest BCUT2D eigenvalue weighted by Crippen LogP contribution is 2.33. The van der Waals surface area contributed by atoms with Crippen LogP contribution >= 0.6 is 11.8 Å². The molecular weight excluding hydrogens is 412 g/mol. The van der Waals surface area contributed by atoms with Crippen LogP contribution in [0.4, 0.5) is 0 Å². The lowest BCUT2D eigenvalue weighted by Gasteiger charge is -2.25. The first kappa shape index (κ1) is 23.5. The number of rotatable bonds is 9. The van der Waals surface area contributed by atoms with E-state index in [-0.39, 0.29) is 17.6 Å². The van der Waals surface area contributed by atoms with Crippen LogP contribution in [0.1, 0.15) is 45.4 Å². The second kappa shape index (κ2) is 9.84. The molecule has 29 heavy (non-hydrogen) atoms. The van der Waals surface area contributed by atoms with E-state index >= 15 is 0 Å². The molecule has 0 aliphatic rings. The van der Waals surface area contributed by atoms with Crippen LogP contribution in [0.15, 0.2) is 35.4 Å². The lowest BCUT2D eigenvalue weighted by molar-refractivity contribution is -0.138. The topological polar surface area (TPSA) is 117 Å². The minimum absolute atomic E-state index is 0.0474. The first-order valence-electron chi connectivity index (χ1n) is 9.18. The SMILES string of the molecule is CC(CCn1cc(CSc2ccccc2C(C)(C)C)nn1)(CS(=O)O)C(=O)NO. The third-order valence-corrected chi connectivity index (χ3v) is 6.63. The highest BCUT2D eigenvalue weighted by Gasteiger charge is 2.35. The van der Waals surface area contributed by atoms with E-state index in [4.69, 9.17) is 9.76 Å². The molecule has 2 aromatic rings. The number of hydroxylamine groups is 1. The third-order valence-electron chi connectivity index (χ3n) is 4.64. The molecule has 3 N–H and O–H groups in total. The maximum Gasteiger partial charge on any atom is 0.250 e. The molecule has 0 spiro atoms. The Morgan fingerprint density at radius 3 is 2.59 bits per heavy atom. The monoisotopic (exact) mass is 440 g/mol. The van der Waals surface area contributed by atoms with Gasteiger partial charge in [0.05, 0.1) is 16.9 Å². The minimum Gasteiger partial charge on any atom is -0.306 e. The van der Waals surface area contributed by atoms with Crippen molar-refractivity contribution < 1.29 is 18.8 Å². The third kappa shape index (κ3) is 6.63. The number of carbonyl (C=O) groups excluding carboxylic acids is 1. The van der Waals surface area contributed by atoms with Gasteiger partial charge in [0, 0.05) is 23.4 Å². The Labute approximate surface area is 177 Å². The average Bonchev–Trinajstić information content (AvgIpc) is 3.11. The van der Waals surface area contributed by atoms with Gasteiger partial charge in [-0.25, -0.2) is 9.69 Å². The smallest absolute Gasteiger partial charge is 0.250 e. The Bertz CT molecular complexity index is 866. The number of hydrogen-bond donors (Lipinski definition) is 3. The molecule has 8 nitrogen and oxygen atoms in total. The largest absolute Gasteiger partial charge is 0.306 e. The molecule has 2 atom stereocenters. The highest BCUT2D eigenvalue weighted by molar-refractivity contribution is 7.98. The lowest BCUT2D eigenvalue weighted by Crippen LogP contribution is -2.42. The highest BCUT2D eigenvalue weighted by atomic mass is 32.2. The molecular formula is C19H28N4O4S2. The number of nitrogens with one attached hydrogen (secondary N) is 1. The summed E-state index contributed by atoms with van der Waals surface area (Å²) in [6, 6.07) is 8.30. The van der Waals surface area contributed by atoms with E-state index in [1.165, 1.54) is 17.4 Å². The van der Waals surface area contributed by atoms with Gasteiger partial charge in [-0.1, -0.05) is 44.2 Å². The summed E-state index contributed by atoms with van der Waals surface area (Å²) in [6.45, 7) is 8.41. The summed E-state index contributed by atoms with van der Waals surface area (Å²) in [7, 11) is 0. The summed E-state index contributed by atoms with van der Waals surface area (Å²) >= 11 is -0.470. The van der Waals surface area contributed by atoms with Crippen LogP contribution in [0.5, 0.6) is 0 Å². The van der Waals surface area contributed by atoms with Crippen molar-refractivity contribution in [3.63, 3.8) is 0 Å². The minimum atomic E-state index is -2.16. The first-order valence-corrected chi connectivity index (χ1v) is 11.4. The van der Waals surface area contributed by atoms with Gasteiger partial charge in [0.1, 0.15) is 0 Å². The van der Waals surface area contributed by atoms with Gasteiger partial charge in [-0.05, 0) is 30.4 Å². The molecule has 0 aliphatic carbocycles. The van der Waals surface area contributed by atoms with Gasteiger partial charge in [0.15, 0.2) is 11.1 Å². The number of nitrogens with zero attached hydrogens (tertiary/aromatic N) is 3. The molecule has 0 fully saturated rings. The van der Waals surface area contributed by atoms with Crippen LogP contribution in [-0.2, 0) is 33.6 Å². The molecule has 2 rings (SSSR count). The van der Waals surface area contributed by atoms with Gasteiger partial charge in [-0.15, -0.1) is 16.9 Å². The predicted molar refractivity (Wildman–Crippen MR) is 113 cm³/mol. The second-order valence-electron chi connectivity index (χ2n) is 8.23. The molecule has 1 heterocycles. The van der Waals surface area contributed by atoms with Crippen LogP contribution in [0.3, 0.4) is 0 Å². The molecule has 0 aliphatic heterocycles. The summed E-state index contributed by atoms with van der Waals surface area (Å²) in [5, 5.41) is 17.2. The van der Waals surface area contributed by atoms with Crippen LogP contribution < -0.4 is 5.48 Å². The molecule has 2 unspecified atom stereocenters. The van der Waals surface area contributed by atoms with Crippen molar-refractivity contribution in [2.24, 2.45) is 5.41 Å². The fourth-order valence-corrected chi connectivity index (χ4v) is 4.86. The zero-order chi connectivity index (χ0) is 21.7. The molecule has 1 aromatic heterocycles. The molecule has 10 heteroatoms. The quantitative estimate of drug-likeness (QED) is 0.237. The van der Waals surface area contributed by atoms with Crippen LogP contribution in [-0.4, -0.2) is 40.6 Å². The number of amides is 1. The van der Waals surface area contributed by atoms with Crippen LogP contribution in [0.2, 0.25) is 0 Å². The van der Waals surface area contributed by atoms with E-state index < -0.39 is 22.4 Å². The zero-order valence-corrected chi connectivity index (χ0v) is 18.7. The first-order chi connectivity index (χ1) is 13.5.